The van der Waals surface area contributed by atoms with Crippen LogP contribution in [-0.2, 0) is 9.84 Å². The lowest BCUT2D eigenvalue weighted by Gasteiger charge is -2.27. The molecule has 0 unspecified atom stereocenters. The van der Waals surface area contributed by atoms with Gasteiger partial charge in [-0.3, -0.25) is 0 Å². The van der Waals surface area contributed by atoms with Gasteiger partial charge in [-0.15, -0.1) is 0 Å². The SMILES string of the molecule is CCN(CCCS(=O)(=O)CC)CC(C)(C)O. The van der Waals surface area contributed by atoms with Crippen molar-refractivity contribution in [2.24, 2.45) is 0 Å². The fourth-order valence-corrected chi connectivity index (χ4v) is 2.41. The van der Waals surface area contributed by atoms with E-state index in [2.05, 4.69) is 4.90 Å². The Kier molecular flexibility index (Phi) is 6.51. The molecule has 0 saturated carbocycles. The van der Waals surface area contributed by atoms with Crippen LogP contribution in [0, 0.1) is 0 Å². The first-order chi connectivity index (χ1) is 7.20. The van der Waals surface area contributed by atoms with E-state index in [1.807, 2.05) is 6.92 Å². The predicted molar refractivity (Wildman–Crippen MR) is 67.4 cm³/mol. The molecule has 0 saturated heterocycles. The first kappa shape index (κ1) is 15.9. The number of hydrogen-bond donors (Lipinski definition) is 1. The van der Waals surface area contributed by atoms with Gasteiger partial charge in [-0.1, -0.05) is 13.8 Å². The zero-order chi connectivity index (χ0) is 12.8. The third-order valence-electron chi connectivity index (χ3n) is 2.43. The Morgan fingerprint density at radius 1 is 1.25 bits per heavy atom. The lowest BCUT2D eigenvalue weighted by atomic mass is 10.1. The van der Waals surface area contributed by atoms with Gasteiger partial charge in [-0.2, -0.15) is 0 Å². The molecule has 0 heterocycles. The van der Waals surface area contributed by atoms with Gasteiger partial charge in [0.05, 0.1) is 11.4 Å². The second-order valence-corrected chi connectivity index (χ2v) is 7.24. The van der Waals surface area contributed by atoms with Crippen LogP contribution in [0.2, 0.25) is 0 Å². The minimum absolute atomic E-state index is 0.213. The standard InChI is InChI=1S/C11H25NO3S/c1-5-12(10-11(3,4)13)8-7-9-16(14,15)6-2/h13H,5-10H2,1-4H3. The topological polar surface area (TPSA) is 57.6 Å². The summed E-state index contributed by atoms with van der Waals surface area (Å²) in [5, 5.41) is 9.66. The molecule has 16 heavy (non-hydrogen) atoms. The number of nitrogens with zero attached hydrogens (tertiary/aromatic N) is 1. The van der Waals surface area contributed by atoms with Crippen LogP contribution in [-0.4, -0.2) is 55.2 Å². The molecule has 0 radical (unpaired) electrons. The van der Waals surface area contributed by atoms with E-state index in [1.165, 1.54) is 0 Å². The Bertz CT molecular complexity index is 280. The molecule has 0 fully saturated rings. The van der Waals surface area contributed by atoms with E-state index >= 15 is 0 Å². The summed E-state index contributed by atoms with van der Waals surface area (Å²) in [6.45, 7) is 9.34. The van der Waals surface area contributed by atoms with Crippen molar-refractivity contribution in [2.45, 2.75) is 39.7 Å². The highest BCUT2D eigenvalue weighted by Crippen LogP contribution is 2.05. The highest BCUT2D eigenvalue weighted by Gasteiger charge is 2.17. The zero-order valence-corrected chi connectivity index (χ0v) is 11.7. The van der Waals surface area contributed by atoms with Gasteiger partial charge < -0.3 is 10.0 Å². The lowest BCUT2D eigenvalue weighted by Crippen LogP contribution is -2.39. The molecule has 5 heteroatoms. The largest absolute Gasteiger partial charge is 0.389 e. The molecule has 4 nitrogen and oxygen atoms in total. The lowest BCUT2D eigenvalue weighted by molar-refractivity contribution is 0.0380. The van der Waals surface area contributed by atoms with Crippen molar-refractivity contribution in [3.8, 4) is 0 Å². The van der Waals surface area contributed by atoms with E-state index in [0.717, 1.165) is 13.1 Å². The van der Waals surface area contributed by atoms with Gasteiger partial charge >= 0.3 is 0 Å². The van der Waals surface area contributed by atoms with Crippen molar-refractivity contribution in [1.82, 2.24) is 4.90 Å². The molecule has 0 amide bonds. The van der Waals surface area contributed by atoms with Crippen LogP contribution in [0.25, 0.3) is 0 Å². The molecule has 0 atom stereocenters. The number of sulfone groups is 1. The molecule has 0 aliphatic rings. The van der Waals surface area contributed by atoms with Crippen molar-refractivity contribution in [1.29, 1.82) is 0 Å². The summed E-state index contributed by atoms with van der Waals surface area (Å²) in [6, 6.07) is 0. The molecule has 0 aromatic rings. The van der Waals surface area contributed by atoms with Crippen LogP contribution in [0.4, 0.5) is 0 Å². The minimum atomic E-state index is -2.86. The number of likely N-dealkylation sites (N-methyl/N-ethyl adjacent to an activating group) is 1. The average Bonchev–Trinajstić information content (AvgIpc) is 2.14. The van der Waals surface area contributed by atoms with Crippen molar-refractivity contribution in [3.63, 3.8) is 0 Å². The Labute approximate surface area is 99.6 Å². The summed E-state index contributed by atoms with van der Waals surface area (Å²) in [5.41, 5.74) is -0.723. The molecular formula is C11H25NO3S. The van der Waals surface area contributed by atoms with Gasteiger partial charge in [0.25, 0.3) is 0 Å². The van der Waals surface area contributed by atoms with Gasteiger partial charge in [0.15, 0.2) is 0 Å². The van der Waals surface area contributed by atoms with Crippen LogP contribution in [0.15, 0.2) is 0 Å². The maximum atomic E-state index is 11.3. The molecule has 0 rings (SSSR count). The maximum absolute atomic E-state index is 11.3. The zero-order valence-electron chi connectivity index (χ0n) is 10.9. The van der Waals surface area contributed by atoms with Crippen LogP contribution < -0.4 is 0 Å². The highest BCUT2D eigenvalue weighted by atomic mass is 32.2. The fraction of sp³-hybridized carbons (Fsp3) is 1.00. The molecular weight excluding hydrogens is 226 g/mol. The van der Waals surface area contributed by atoms with Crippen molar-refractivity contribution in [2.75, 3.05) is 31.1 Å². The van der Waals surface area contributed by atoms with Crippen LogP contribution in [0.1, 0.15) is 34.1 Å². The summed E-state index contributed by atoms with van der Waals surface area (Å²) in [5.74, 6) is 0.455. The number of aliphatic hydroxyl groups is 1. The van der Waals surface area contributed by atoms with E-state index in [-0.39, 0.29) is 11.5 Å². The van der Waals surface area contributed by atoms with E-state index in [4.69, 9.17) is 0 Å². The second-order valence-electron chi connectivity index (χ2n) is 4.77. The molecule has 0 spiro atoms. The average molecular weight is 251 g/mol. The first-order valence-corrected chi connectivity index (χ1v) is 7.67. The summed E-state index contributed by atoms with van der Waals surface area (Å²) < 4.78 is 22.6. The predicted octanol–water partition coefficient (Wildman–Crippen LogP) is 0.904. The maximum Gasteiger partial charge on any atom is 0.150 e. The molecule has 98 valence electrons. The third kappa shape index (κ3) is 8.07. The monoisotopic (exact) mass is 251 g/mol. The van der Waals surface area contributed by atoms with Crippen molar-refractivity contribution in [3.05, 3.63) is 0 Å². The summed E-state index contributed by atoms with van der Waals surface area (Å²) in [6.07, 6.45) is 0.639. The Morgan fingerprint density at radius 2 is 1.81 bits per heavy atom. The van der Waals surface area contributed by atoms with E-state index in [9.17, 15) is 13.5 Å². The normalized spacial score (nSPS) is 13.4. The summed E-state index contributed by atoms with van der Waals surface area (Å²) in [4.78, 5) is 2.07. The van der Waals surface area contributed by atoms with Crippen molar-refractivity contribution < 1.29 is 13.5 Å². The fourth-order valence-electron chi connectivity index (χ4n) is 1.55. The Balaban J connectivity index is 3.98. The summed E-state index contributed by atoms with van der Waals surface area (Å²) >= 11 is 0. The summed E-state index contributed by atoms with van der Waals surface area (Å²) in [7, 11) is -2.86. The van der Waals surface area contributed by atoms with E-state index < -0.39 is 15.4 Å². The van der Waals surface area contributed by atoms with Gasteiger partial charge in [-0.05, 0) is 33.4 Å². The third-order valence-corrected chi connectivity index (χ3v) is 4.22. The van der Waals surface area contributed by atoms with Gasteiger partial charge in [0.1, 0.15) is 9.84 Å². The molecule has 0 bridgehead atoms. The molecule has 0 aromatic carbocycles. The molecule has 0 aliphatic heterocycles. The highest BCUT2D eigenvalue weighted by molar-refractivity contribution is 7.91. The molecule has 1 N–H and O–H groups in total. The smallest absolute Gasteiger partial charge is 0.150 e. The Morgan fingerprint density at radius 3 is 2.19 bits per heavy atom. The van der Waals surface area contributed by atoms with E-state index in [1.54, 1.807) is 20.8 Å². The van der Waals surface area contributed by atoms with Crippen LogP contribution >= 0.6 is 0 Å². The van der Waals surface area contributed by atoms with Gasteiger partial charge in [-0.25, -0.2) is 8.42 Å². The van der Waals surface area contributed by atoms with Crippen LogP contribution in [0.5, 0.6) is 0 Å². The van der Waals surface area contributed by atoms with Gasteiger partial charge in [0.2, 0.25) is 0 Å². The first-order valence-electron chi connectivity index (χ1n) is 5.85. The quantitative estimate of drug-likeness (QED) is 0.696. The Hall–Kier alpha value is -0.130. The van der Waals surface area contributed by atoms with E-state index in [0.29, 0.717) is 13.0 Å². The number of hydrogen-bond acceptors (Lipinski definition) is 4. The van der Waals surface area contributed by atoms with Crippen molar-refractivity contribution >= 4 is 9.84 Å². The molecule has 0 aromatic heterocycles. The minimum Gasteiger partial charge on any atom is -0.389 e. The van der Waals surface area contributed by atoms with Gasteiger partial charge in [0, 0.05) is 12.3 Å². The second kappa shape index (κ2) is 6.57. The van der Waals surface area contributed by atoms with Crippen LogP contribution in [0.3, 0.4) is 0 Å². The molecule has 0 aliphatic carbocycles. The number of rotatable bonds is 8.